The van der Waals surface area contributed by atoms with E-state index in [-0.39, 0.29) is 28.7 Å². The summed E-state index contributed by atoms with van der Waals surface area (Å²) in [5, 5.41) is 4.90. The predicted molar refractivity (Wildman–Crippen MR) is 136 cm³/mol. The van der Waals surface area contributed by atoms with Crippen LogP contribution in [-0.2, 0) is 11.3 Å². The van der Waals surface area contributed by atoms with E-state index in [2.05, 4.69) is 23.5 Å². The molecule has 3 amide bonds. The molecule has 180 valence electrons. The monoisotopic (exact) mass is 499 g/mol. The van der Waals surface area contributed by atoms with Gasteiger partial charge >= 0.3 is 0 Å². The van der Waals surface area contributed by atoms with E-state index < -0.39 is 17.9 Å². The smallest absolute Gasteiger partial charge is 0.270 e. The summed E-state index contributed by atoms with van der Waals surface area (Å²) in [6.07, 6.45) is 0.814. The lowest BCUT2D eigenvalue weighted by atomic mass is 10.0. The number of primary amides is 1. The van der Waals surface area contributed by atoms with Gasteiger partial charge in [-0.1, -0.05) is 49.7 Å². The third-order valence-electron chi connectivity index (χ3n) is 5.30. The van der Waals surface area contributed by atoms with Crippen LogP contribution in [0.4, 0.5) is 5.69 Å². The van der Waals surface area contributed by atoms with Gasteiger partial charge in [-0.3, -0.25) is 14.4 Å². The summed E-state index contributed by atoms with van der Waals surface area (Å²) in [6.45, 7) is 6.81. The number of aromatic nitrogens is 1. The van der Waals surface area contributed by atoms with Gasteiger partial charge in [0.1, 0.15) is 10.9 Å². The zero-order valence-corrected chi connectivity index (χ0v) is 21.0. The van der Waals surface area contributed by atoms with E-state index in [0.29, 0.717) is 18.0 Å². The number of nitrogens with one attached hydrogen (secondary N) is 1. The minimum absolute atomic E-state index is 0.0680. The third-order valence-corrected chi connectivity index (χ3v) is 7.01. The number of carbonyl (C=O) groups is 3. The van der Waals surface area contributed by atoms with Crippen LogP contribution in [0.2, 0.25) is 0 Å². The number of anilines is 1. The summed E-state index contributed by atoms with van der Waals surface area (Å²) in [6, 6.07) is 10.4. The maximum Gasteiger partial charge on any atom is 0.270 e. The van der Waals surface area contributed by atoms with Gasteiger partial charge in [0, 0.05) is 11.4 Å². The quantitative estimate of drug-likeness (QED) is 0.391. The number of aryl methyl sites for hydroxylation is 1. The van der Waals surface area contributed by atoms with Crippen LogP contribution in [-0.4, -0.2) is 33.5 Å². The summed E-state index contributed by atoms with van der Waals surface area (Å²) >= 11 is 2.29. The fourth-order valence-corrected chi connectivity index (χ4v) is 4.88. The van der Waals surface area contributed by atoms with Crippen LogP contribution in [0.3, 0.4) is 0 Å². The van der Waals surface area contributed by atoms with E-state index in [4.69, 9.17) is 11.5 Å². The molecule has 0 saturated heterocycles. The van der Waals surface area contributed by atoms with Crippen LogP contribution in [0, 0.1) is 12.8 Å². The van der Waals surface area contributed by atoms with Crippen molar-refractivity contribution in [3.05, 3.63) is 68.4 Å². The third kappa shape index (κ3) is 6.00. The van der Waals surface area contributed by atoms with E-state index in [1.54, 1.807) is 0 Å². The lowest BCUT2D eigenvalue weighted by molar-refractivity contribution is -0.126. The van der Waals surface area contributed by atoms with Gasteiger partial charge < -0.3 is 21.7 Å². The largest absolute Gasteiger partial charge is 0.395 e. The summed E-state index contributed by atoms with van der Waals surface area (Å²) < 4.78 is 3.97. The first-order valence-corrected chi connectivity index (χ1v) is 12.6. The average molecular weight is 500 g/mol. The van der Waals surface area contributed by atoms with Gasteiger partial charge in [0.05, 0.1) is 12.2 Å². The van der Waals surface area contributed by atoms with Crippen LogP contribution in [0.5, 0.6) is 0 Å². The van der Waals surface area contributed by atoms with Crippen molar-refractivity contribution >= 4 is 46.3 Å². The first-order valence-electron chi connectivity index (χ1n) is 10.9. The highest BCUT2D eigenvalue weighted by Crippen LogP contribution is 2.31. The molecule has 0 unspecified atom stereocenters. The normalized spacial score (nSPS) is 11.9. The number of hydrogen-bond acceptors (Lipinski definition) is 7. The molecule has 0 fully saturated rings. The highest BCUT2D eigenvalue weighted by molar-refractivity contribution is 7.10. The predicted octanol–water partition coefficient (Wildman–Crippen LogP) is 3.74. The van der Waals surface area contributed by atoms with Gasteiger partial charge in [-0.25, -0.2) is 0 Å². The van der Waals surface area contributed by atoms with Gasteiger partial charge in [-0.2, -0.15) is 4.37 Å². The summed E-state index contributed by atoms with van der Waals surface area (Å²) in [5.74, 6) is -1.15. The van der Waals surface area contributed by atoms with Gasteiger partial charge in [0.2, 0.25) is 5.91 Å². The Bertz CT molecular complexity index is 1140. The molecule has 10 heteroatoms. The molecular formula is C24H29N5O3S2. The Balaban J connectivity index is 2.05. The minimum Gasteiger partial charge on any atom is -0.395 e. The molecule has 0 radical (unpaired) electrons. The molecule has 5 N–H and O–H groups in total. The van der Waals surface area contributed by atoms with Crippen molar-refractivity contribution in [2.45, 2.75) is 39.8 Å². The van der Waals surface area contributed by atoms with Crippen LogP contribution in [0.25, 0.3) is 0 Å². The van der Waals surface area contributed by atoms with Crippen molar-refractivity contribution in [2.24, 2.45) is 11.7 Å². The first-order chi connectivity index (χ1) is 16.2. The van der Waals surface area contributed by atoms with Crippen molar-refractivity contribution < 1.29 is 14.4 Å². The number of benzene rings is 1. The van der Waals surface area contributed by atoms with Crippen LogP contribution in [0.1, 0.15) is 62.5 Å². The van der Waals surface area contributed by atoms with Crippen molar-refractivity contribution in [1.82, 2.24) is 14.6 Å². The fourth-order valence-electron chi connectivity index (χ4n) is 3.41. The second-order valence-corrected chi connectivity index (χ2v) is 10.2. The molecule has 0 aliphatic rings. The van der Waals surface area contributed by atoms with Crippen LogP contribution in [0.15, 0.2) is 41.8 Å². The standard InChI is InChI=1S/C24H29N5O3S2/c1-14(2)10-11-27-23(31)20(16-8-6-15(3)7-9-16)29(13-17-5-4-12-33-17)24(32)21-18(25)19(22(26)30)28-34-21/h4-9,12,14,20H,10-11,13,25H2,1-3H3,(H2,26,30)(H,27,31)/t20-/m1/s1. The molecule has 0 aliphatic carbocycles. The zero-order chi connectivity index (χ0) is 24.8. The van der Waals surface area contributed by atoms with Crippen molar-refractivity contribution in [3.63, 3.8) is 0 Å². The van der Waals surface area contributed by atoms with Crippen molar-refractivity contribution in [2.75, 3.05) is 12.3 Å². The lowest BCUT2D eigenvalue weighted by Crippen LogP contribution is -2.43. The van der Waals surface area contributed by atoms with Crippen molar-refractivity contribution in [3.8, 4) is 0 Å². The Morgan fingerprint density at radius 1 is 1.15 bits per heavy atom. The van der Waals surface area contributed by atoms with Crippen LogP contribution >= 0.6 is 22.9 Å². The van der Waals surface area contributed by atoms with E-state index in [9.17, 15) is 14.4 Å². The van der Waals surface area contributed by atoms with Gasteiger partial charge in [-0.05, 0) is 47.8 Å². The average Bonchev–Trinajstić information content (AvgIpc) is 3.43. The minimum atomic E-state index is -0.902. The van der Waals surface area contributed by atoms with Gasteiger partial charge in [0.15, 0.2) is 5.69 Å². The van der Waals surface area contributed by atoms with Crippen LogP contribution < -0.4 is 16.8 Å². The number of nitrogens with zero attached hydrogens (tertiary/aromatic N) is 2. The molecule has 0 spiro atoms. The second kappa shape index (κ2) is 11.3. The van der Waals surface area contributed by atoms with E-state index in [1.165, 1.54) is 16.2 Å². The number of amides is 3. The first kappa shape index (κ1) is 25.4. The number of nitrogens with two attached hydrogens (primary N) is 2. The number of thiophene rings is 1. The lowest BCUT2D eigenvalue weighted by Gasteiger charge is -2.31. The van der Waals surface area contributed by atoms with Gasteiger partial charge in [-0.15, -0.1) is 11.3 Å². The summed E-state index contributed by atoms with van der Waals surface area (Å²) in [7, 11) is 0. The molecule has 3 rings (SSSR count). The number of carbonyl (C=O) groups excluding carboxylic acids is 3. The molecule has 0 saturated carbocycles. The SMILES string of the molecule is Cc1ccc([C@H](C(=O)NCCC(C)C)N(Cc2cccs2)C(=O)c2snc(C(N)=O)c2N)cc1. The molecule has 2 aromatic heterocycles. The maximum absolute atomic E-state index is 13.8. The molecule has 3 aromatic rings. The molecule has 0 aliphatic heterocycles. The number of hydrogen-bond donors (Lipinski definition) is 3. The molecule has 0 bridgehead atoms. The van der Waals surface area contributed by atoms with E-state index in [1.807, 2.05) is 48.7 Å². The van der Waals surface area contributed by atoms with Gasteiger partial charge in [0.25, 0.3) is 11.8 Å². The molecule has 2 heterocycles. The molecule has 1 aromatic carbocycles. The number of nitrogen functional groups attached to an aromatic ring is 1. The highest BCUT2D eigenvalue weighted by atomic mass is 32.1. The maximum atomic E-state index is 13.8. The molecule has 34 heavy (non-hydrogen) atoms. The Kier molecular flexibility index (Phi) is 8.41. The highest BCUT2D eigenvalue weighted by Gasteiger charge is 2.35. The summed E-state index contributed by atoms with van der Waals surface area (Å²) in [4.78, 5) is 41.4. The van der Waals surface area contributed by atoms with E-state index in [0.717, 1.165) is 28.4 Å². The Morgan fingerprint density at radius 3 is 2.41 bits per heavy atom. The Labute approximate surface area is 207 Å². The Morgan fingerprint density at radius 2 is 1.85 bits per heavy atom. The molecule has 8 nitrogen and oxygen atoms in total. The molecule has 1 atom stereocenters. The fraction of sp³-hybridized carbons (Fsp3) is 0.333. The summed E-state index contributed by atoms with van der Waals surface area (Å²) in [5.41, 5.74) is 12.9. The second-order valence-electron chi connectivity index (χ2n) is 8.44. The number of rotatable bonds is 10. The molecular weight excluding hydrogens is 470 g/mol. The zero-order valence-electron chi connectivity index (χ0n) is 19.4. The Hall–Kier alpha value is -3.24. The van der Waals surface area contributed by atoms with Crippen molar-refractivity contribution in [1.29, 1.82) is 0 Å². The topological polar surface area (TPSA) is 131 Å². The van der Waals surface area contributed by atoms with E-state index >= 15 is 0 Å².